The number of hydrogen-bond donors (Lipinski definition) is 2. The van der Waals surface area contributed by atoms with E-state index in [1.165, 1.54) is 30.4 Å². The number of piperidine rings is 1. The van der Waals surface area contributed by atoms with Crippen LogP contribution in [0, 0.1) is 5.92 Å². The number of nitrogens with zero attached hydrogens (tertiary/aromatic N) is 1. The van der Waals surface area contributed by atoms with Gasteiger partial charge in [0, 0.05) is 36.1 Å². The molecule has 5 nitrogen and oxygen atoms in total. The van der Waals surface area contributed by atoms with Crippen LogP contribution in [0.15, 0.2) is 72.8 Å². The van der Waals surface area contributed by atoms with Gasteiger partial charge in [-0.1, -0.05) is 62.2 Å². The number of carbonyl (C=O) groups excluding carboxylic acids is 2. The molecule has 0 aliphatic carbocycles. The van der Waals surface area contributed by atoms with Crippen LogP contribution in [0.4, 0.5) is 11.4 Å². The Morgan fingerprint density at radius 2 is 1.59 bits per heavy atom. The number of anilines is 2. The summed E-state index contributed by atoms with van der Waals surface area (Å²) in [6.45, 7) is 7.95. The SMILES string of the molecule is CCCCCc1ccc(C(=O)Nc2ccc(N3CCC(Cc4ccccc4)CC3)c(C(=O)NC(C)C)c2)cc1. The lowest BCUT2D eigenvalue weighted by atomic mass is 9.89. The first kappa shape index (κ1) is 28.4. The van der Waals surface area contributed by atoms with Crippen LogP contribution >= 0.6 is 0 Å². The fourth-order valence-electron chi connectivity index (χ4n) is 5.34. The number of benzene rings is 3. The summed E-state index contributed by atoms with van der Waals surface area (Å²) in [5.74, 6) is 0.368. The monoisotopic (exact) mass is 525 g/mol. The van der Waals surface area contributed by atoms with Crippen LogP contribution in [-0.4, -0.2) is 30.9 Å². The number of rotatable bonds is 11. The lowest BCUT2D eigenvalue weighted by molar-refractivity contribution is 0.0942. The van der Waals surface area contributed by atoms with Crippen molar-refractivity contribution in [2.45, 2.75) is 71.8 Å². The molecule has 2 N–H and O–H groups in total. The predicted octanol–water partition coefficient (Wildman–Crippen LogP) is 7.27. The summed E-state index contributed by atoms with van der Waals surface area (Å²) >= 11 is 0. The molecule has 1 fully saturated rings. The minimum Gasteiger partial charge on any atom is -0.371 e. The van der Waals surface area contributed by atoms with E-state index < -0.39 is 0 Å². The molecule has 0 spiro atoms. The van der Waals surface area contributed by atoms with Gasteiger partial charge in [0.05, 0.1) is 5.56 Å². The zero-order chi connectivity index (χ0) is 27.6. The number of hydrogen-bond acceptors (Lipinski definition) is 3. The van der Waals surface area contributed by atoms with E-state index in [4.69, 9.17) is 0 Å². The lowest BCUT2D eigenvalue weighted by Crippen LogP contribution is -2.37. The first-order valence-corrected chi connectivity index (χ1v) is 14.6. The Hall–Kier alpha value is -3.60. The summed E-state index contributed by atoms with van der Waals surface area (Å²) in [5, 5.41) is 6.05. The molecule has 1 saturated heterocycles. The number of aryl methyl sites for hydroxylation is 1. The molecule has 0 unspecified atom stereocenters. The third kappa shape index (κ3) is 8.19. The van der Waals surface area contributed by atoms with Crippen LogP contribution in [0.2, 0.25) is 0 Å². The topological polar surface area (TPSA) is 61.4 Å². The minimum absolute atomic E-state index is 0.0241. The Morgan fingerprint density at radius 3 is 2.26 bits per heavy atom. The zero-order valence-electron chi connectivity index (χ0n) is 23.7. The van der Waals surface area contributed by atoms with Crippen LogP contribution in [0.3, 0.4) is 0 Å². The van der Waals surface area contributed by atoms with Crippen molar-refractivity contribution in [2.75, 3.05) is 23.3 Å². The Morgan fingerprint density at radius 1 is 0.872 bits per heavy atom. The Bertz CT molecular complexity index is 1210. The fraction of sp³-hybridized carbons (Fsp3) is 0.412. The molecule has 2 amide bonds. The first-order valence-electron chi connectivity index (χ1n) is 14.6. The number of unbranched alkanes of at least 4 members (excludes halogenated alkanes) is 2. The second-order valence-corrected chi connectivity index (χ2v) is 11.1. The second kappa shape index (κ2) is 14.0. The van der Waals surface area contributed by atoms with Crippen molar-refractivity contribution in [1.82, 2.24) is 5.32 Å². The lowest BCUT2D eigenvalue weighted by Gasteiger charge is -2.35. The molecule has 3 aromatic rings. The molecule has 0 radical (unpaired) electrons. The average molecular weight is 526 g/mol. The largest absolute Gasteiger partial charge is 0.371 e. The van der Waals surface area contributed by atoms with Crippen molar-refractivity contribution in [1.29, 1.82) is 0 Å². The molecule has 1 heterocycles. The van der Waals surface area contributed by atoms with Crippen LogP contribution in [0.25, 0.3) is 0 Å². The van der Waals surface area contributed by atoms with Gasteiger partial charge in [-0.3, -0.25) is 9.59 Å². The molecule has 3 aromatic carbocycles. The van der Waals surface area contributed by atoms with Crippen LogP contribution in [0.1, 0.15) is 84.7 Å². The fourth-order valence-corrected chi connectivity index (χ4v) is 5.34. The number of carbonyl (C=O) groups is 2. The normalized spacial score (nSPS) is 13.9. The van der Waals surface area contributed by atoms with Gasteiger partial charge in [-0.2, -0.15) is 0 Å². The predicted molar refractivity (Wildman–Crippen MR) is 162 cm³/mol. The maximum absolute atomic E-state index is 13.2. The van der Waals surface area contributed by atoms with E-state index in [2.05, 4.69) is 52.8 Å². The van der Waals surface area contributed by atoms with E-state index in [1.54, 1.807) is 0 Å². The van der Waals surface area contributed by atoms with E-state index in [0.717, 1.165) is 44.5 Å². The highest BCUT2D eigenvalue weighted by Gasteiger charge is 2.24. The molecule has 4 rings (SSSR count). The van der Waals surface area contributed by atoms with Gasteiger partial charge in [-0.25, -0.2) is 0 Å². The average Bonchev–Trinajstić information content (AvgIpc) is 2.94. The zero-order valence-corrected chi connectivity index (χ0v) is 23.7. The van der Waals surface area contributed by atoms with Gasteiger partial charge in [-0.05, 0) is 93.3 Å². The highest BCUT2D eigenvalue weighted by Crippen LogP contribution is 2.30. The highest BCUT2D eigenvalue weighted by molar-refractivity contribution is 6.06. The Labute approximate surface area is 234 Å². The summed E-state index contributed by atoms with van der Waals surface area (Å²) in [4.78, 5) is 28.5. The summed E-state index contributed by atoms with van der Waals surface area (Å²) < 4.78 is 0. The molecule has 5 heteroatoms. The first-order chi connectivity index (χ1) is 18.9. The maximum Gasteiger partial charge on any atom is 0.255 e. The van der Waals surface area contributed by atoms with Gasteiger partial charge in [0.1, 0.15) is 0 Å². The molecule has 0 bridgehead atoms. The van der Waals surface area contributed by atoms with E-state index in [0.29, 0.717) is 22.7 Å². The van der Waals surface area contributed by atoms with Gasteiger partial charge in [0.25, 0.3) is 11.8 Å². The maximum atomic E-state index is 13.2. The molecular weight excluding hydrogens is 482 g/mol. The summed E-state index contributed by atoms with van der Waals surface area (Å²) in [6, 6.07) is 24.3. The molecule has 39 heavy (non-hydrogen) atoms. The van der Waals surface area contributed by atoms with Crippen molar-refractivity contribution >= 4 is 23.2 Å². The van der Waals surface area contributed by atoms with E-state index in [9.17, 15) is 9.59 Å². The van der Waals surface area contributed by atoms with Gasteiger partial charge in [0.15, 0.2) is 0 Å². The molecular formula is C34H43N3O2. The standard InChI is InChI=1S/C34H43N3O2/c1-4-5-7-10-26-13-15-29(16-14-26)33(38)36-30-17-18-32(31(24-30)34(39)35-25(2)3)37-21-19-28(20-22-37)23-27-11-8-6-9-12-27/h6,8-9,11-18,24-25,28H,4-5,7,10,19-23H2,1-3H3,(H,35,39)(H,36,38). The summed E-state index contributed by atoms with van der Waals surface area (Å²) in [7, 11) is 0. The highest BCUT2D eigenvalue weighted by atomic mass is 16.2. The van der Waals surface area contributed by atoms with Gasteiger partial charge in [0.2, 0.25) is 0 Å². The summed E-state index contributed by atoms with van der Waals surface area (Å²) in [6.07, 6.45) is 7.90. The third-order valence-corrected chi connectivity index (χ3v) is 7.53. The molecule has 0 atom stereocenters. The molecule has 0 saturated carbocycles. The van der Waals surface area contributed by atoms with Crippen LogP contribution < -0.4 is 15.5 Å². The van der Waals surface area contributed by atoms with Crippen molar-refractivity contribution < 1.29 is 9.59 Å². The van der Waals surface area contributed by atoms with Crippen molar-refractivity contribution in [3.8, 4) is 0 Å². The quantitative estimate of drug-likeness (QED) is 0.259. The molecule has 1 aliphatic rings. The van der Waals surface area contributed by atoms with Crippen molar-refractivity contribution in [2.24, 2.45) is 5.92 Å². The number of amides is 2. The van der Waals surface area contributed by atoms with E-state index >= 15 is 0 Å². The van der Waals surface area contributed by atoms with Crippen molar-refractivity contribution in [3.63, 3.8) is 0 Å². The molecule has 206 valence electrons. The summed E-state index contributed by atoms with van der Waals surface area (Å²) in [5.41, 5.74) is 5.43. The Kier molecular flexibility index (Phi) is 10.2. The minimum atomic E-state index is -0.167. The van der Waals surface area contributed by atoms with Crippen LogP contribution in [-0.2, 0) is 12.8 Å². The number of nitrogens with one attached hydrogen (secondary N) is 2. The second-order valence-electron chi connectivity index (χ2n) is 11.1. The molecule has 1 aliphatic heterocycles. The molecule has 0 aromatic heterocycles. The van der Waals surface area contributed by atoms with Gasteiger partial charge >= 0.3 is 0 Å². The van der Waals surface area contributed by atoms with Crippen molar-refractivity contribution in [3.05, 3.63) is 95.1 Å². The smallest absolute Gasteiger partial charge is 0.255 e. The Balaban J connectivity index is 1.44. The third-order valence-electron chi connectivity index (χ3n) is 7.53. The van der Waals surface area contributed by atoms with E-state index in [1.807, 2.05) is 56.3 Å². The van der Waals surface area contributed by atoms with Crippen LogP contribution in [0.5, 0.6) is 0 Å². The van der Waals surface area contributed by atoms with Gasteiger partial charge < -0.3 is 15.5 Å². The van der Waals surface area contributed by atoms with E-state index in [-0.39, 0.29) is 17.9 Å². The van der Waals surface area contributed by atoms with Gasteiger partial charge in [-0.15, -0.1) is 0 Å².